The van der Waals surface area contributed by atoms with E-state index in [1.165, 1.54) is 10.9 Å². The van der Waals surface area contributed by atoms with Crippen LogP contribution in [0.4, 0.5) is 0 Å². The third kappa shape index (κ3) is 4.01. The molecule has 1 aliphatic rings. The highest BCUT2D eigenvalue weighted by Crippen LogP contribution is 2.20. The van der Waals surface area contributed by atoms with Gasteiger partial charge >= 0.3 is 5.97 Å². The van der Waals surface area contributed by atoms with Gasteiger partial charge in [-0.2, -0.15) is 0 Å². The lowest BCUT2D eigenvalue weighted by Crippen LogP contribution is -2.41. The van der Waals surface area contributed by atoms with Crippen molar-refractivity contribution in [3.63, 3.8) is 0 Å². The lowest BCUT2D eigenvalue weighted by atomic mass is 9.93. The summed E-state index contributed by atoms with van der Waals surface area (Å²) < 4.78 is 1.21. The minimum Gasteiger partial charge on any atom is -0.476 e. The number of carboxylic acid groups (broad SMARTS) is 1. The fourth-order valence-corrected chi connectivity index (χ4v) is 2.38. The molecule has 21 heavy (non-hydrogen) atoms. The predicted molar refractivity (Wildman–Crippen MR) is 70.1 cm³/mol. The van der Waals surface area contributed by atoms with Crippen molar-refractivity contribution in [1.82, 2.24) is 19.9 Å². The van der Waals surface area contributed by atoms with Crippen molar-refractivity contribution < 1.29 is 19.5 Å². The molecule has 0 saturated carbocycles. The lowest BCUT2D eigenvalue weighted by molar-refractivity contribution is -0.133. The summed E-state index contributed by atoms with van der Waals surface area (Å²) in [4.78, 5) is 35.3. The van der Waals surface area contributed by atoms with E-state index in [9.17, 15) is 14.4 Å². The third-order valence-electron chi connectivity index (χ3n) is 3.51. The Morgan fingerprint density at radius 1 is 1.33 bits per heavy atom. The van der Waals surface area contributed by atoms with E-state index in [1.807, 2.05) is 0 Å². The maximum atomic E-state index is 12.1. The monoisotopic (exact) mass is 295 g/mol. The summed E-state index contributed by atoms with van der Waals surface area (Å²) in [6.07, 6.45) is 3.06. The minimum absolute atomic E-state index is 0.0409. The largest absolute Gasteiger partial charge is 0.476 e. The van der Waals surface area contributed by atoms with Gasteiger partial charge in [-0.3, -0.25) is 9.59 Å². The molecule has 2 heterocycles. The van der Waals surface area contributed by atoms with Gasteiger partial charge in [0.1, 0.15) is 6.54 Å². The molecule has 1 aromatic heterocycles. The highest BCUT2D eigenvalue weighted by Gasteiger charge is 2.24. The van der Waals surface area contributed by atoms with Crippen molar-refractivity contribution in [3.05, 3.63) is 11.9 Å². The van der Waals surface area contributed by atoms with Crippen LogP contribution in [0, 0.1) is 5.92 Å². The van der Waals surface area contributed by atoms with E-state index in [4.69, 9.17) is 10.8 Å². The van der Waals surface area contributed by atoms with Gasteiger partial charge in [0.05, 0.1) is 6.20 Å². The maximum Gasteiger partial charge on any atom is 0.358 e. The molecule has 9 heteroatoms. The van der Waals surface area contributed by atoms with Crippen molar-refractivity contribution in [3.8, 4) is 0 Å². The van der Waals surface area contributed by atoms with E-state index in [0.29, 0.717) is 19.5 Å². The molecule has 114 valence electrons. The van der Waals surface area contributed by atoms with Crippen LogP contribution >= 0.6 is 0 Å². The van der Waals surface area contributed by atoms with E-state index in [2.05, 4.69) is 10.3 Å². The molecule has 2 amide bonds. The number of likely N-dealkylation sites (tertiary alicyclic amines) is 1. The normalized spacial score (nSPS) is 15.9. The first kappa shape index (κ1) is 14.9. The number of primary amides is 1. The van der Waals surface area contributed by atoms with Crippen molar-refractivity contribution in [2.24, 2.45) is 11.7 Å². The number of hydrogen-bond acceptors (Lipinski definition) is 5. The zero-order chi connectivity index (χ0) is 15.4. The number of aromatic carboxylic acids is 1. The summed E-state index contributed by atoms with van der Waals surface area (Å²) in [6, 6.07) is 0. The van der Waals surface area contributed by atoms with Gasteiger partial charge in [0.2, 0.25) is 11.8 Å². The smallest absolute Gasteiger partial charge is 0.358 e. The van der Waals surface area contributed by atoms with E-state index >= 15 is 0 Å². The molecule has 1 aliphatic heterocycles. The summed E-state index contributed by atoms with van der Waals surface area (Å²) in [5.74, 6) is -1.41. The highest BCUT2D eigenvalue weighted by molar-refractivity contribution is 5.84. The molecule has 0 spiro atoms. The molecule has 1 aromatic rings. The average Bonchev–Trinajstić information content (AvgIpc) is 2.87. The van der Waals surface area contributed by atoms with Gasteiger partial charge in [0.25, 0.3) is 0 Å². The number of amides is 2. The molecule has 0 atom stereocenters. The van der Waals surface area contributed by atoms with Crippen LogP contribution in [-0.4, -0.2) is 55.9 Å². The van der Waals surface area contributed by atoms with Gasteiger partial charge in [-0.25, -0.2) is 9.48 Å². The Morgan fingerprint density at radius 3 is 2.52 bits per heavy atom. The molecular weight excluding hydrogens is 278 g/mol. The van der Waals surface area contributed by atoms with E-state index in [0.717, 1.165) is 12.8 Å². The Bertz CT molecular complexity index is 548. The van der Waals surface area contributed by atoms with Crippen LogP contribution in [0.1, 0.15) is 29.8 Å². The Kier molecular flexibility index (Phi) is 4.51. The number of carbonyl (C=O) groups is 3. The number of piperidine rings is 1. The quantitative estimate of drug-likeness (QED) is 0.723. The van der Waals surface area contributed by atoms with Crippen molar-refractivity contribution in [2.45, 2.75) is 25.8 Å². The number of nitrogens with zero attached hydrogens (tertiary/aromatic N) is 4. The molecule has 0 bridgehead atoms. The van der Waals surface area contributed by atoms with Crippen LogP contribution in [0.15, 0.2) is 6.20 Å². The van der Waals surface area contributed by atoms with Crippen LogP contribution in [0.3, 0.4) is 0 Å². The summed E-state index contributed by atoms with van der Waals surface area (Å²) in [6.45, 7) is 1.09. The van der Waals surface area contributed by atoms with Gasteiger partial charge in [-0.15, -0.1) is 5.10 Å². The van der Waals surface area contributed by atoms with E-state index in [-0.39, 0.29) is 30.0 Å². The van der Waals surface area contributed by atoms with E-state index in [1.54, 1.807) is 4.90 Å². The Balaban J connectivity index is 1.84. The van der Waals surface area contributed by atoms with Gasteiger partial charge in [-0.05, 0) is 18.8 Å². The van der Waals surface area contributed by atoms with Gasteiger partial charge in [0.15, 0.2) is 5.69 Å². The van der Waals surface area contributed by atoms with Gasteiger partial charge in [-0.1, -0.05) is 5.21 Å². The zero-order valence-corrected chi connectivity index (χ0v) is 11.4. The standard InChI is InChI=1S/C12H17N5O4/c13-10(18)5-8-1-3-16(4-2-8)11(19)7-17-6-9(12(20)21)14-15-17/h6,8H,1-5,7H2,(H2,13,18)(H,20,21). The second kappa shape index (κ2) is 6.33. The van der Waals surface area contributed by atoms with Crippen molar-refractivity contribution in [2.75, 3.05) is 13.1 Å². The first-order valence-corrected chi connectivity index (χ1v) is 6.65. The lowest BCUT2D eigenvalue weighted by Gasteiger charge is -2.31. The van der Waals surface area contributed by atoms with Crippen LogP contribution < -0.4 is 5.73 Å². The Hall–Kier alpha value is -2.45. The van der Waals surface area contributed by atoms with Gasteiger partial charge in [0, 0.05) is 19.5 Å². The fraction of sp³-hybridized carbons (Fsp3) is 0.583. The molecule has 1 saturated heterocycles. The van der Waals surface area contributed by atoms with Crippen LogP contribution in [-0.2, 0) is 16.1 Å². The summed E-state index contributed by atoms with van der Waals surface area (Å²) in [5.41, 5.74) is 4.97. The number of carbonyl (C=O) groups excluding carboxylic acids is 2. The van der Waals surface area contributed by atoms with Crippen LogP contribution in [0.25, 0.3) is 0 Å². The minimum atomic E-state index is -1.18. The van der Waals surface area contributed by atoms with Crippen molar-refractivity contribution in [1.29, 1.82) is 0 Å². The number of rotatable bonds is 5. The molecule has 9 nitrogen and oxygen atoms in total. The zero-order valence-electron chi connectivity index (χ0n) is 11.4. The number of aromatic nitrogens is 3. The second-order valence-electron chi connectivity index (χ2n) is 5.10. The van der Waals surface area contributed by atoms with Crippen molar-refractivity contribution >= 4 is 17.8 Å². The Labute approximate surface area is 120 Å². The first-order valence-electron chi connectivity index (χ1n) is 6.65. The third-order valence-corrected chi connectivity index (χ3v) is 3.51. The SMILES string of the molecule is NC(=O)CC1CCN(C(=O)Cn2cc(C(=O)O)nn2)CC1. The number of hydrogen-bond donors (Lipinski definition) is 2. The molecule has 0 unspecified atom stereocenters. The topological polar surface area (TPSA) is 131 Å². The molecule has 3 N–H and O–H groups in total. The first-order chi connectivity index (χ1) is 9.95. The van der Waals surface area contributed by atoms with Crippen LogP contribution in [0.5, 0.6) is 0 Å². The van der Waals surface area contributed by atoms with Gasteiger partial charge < -0.3 is 15.7 Å². The average molecular weight is 295 g/mol. The number of nitrogens with two attached hydrogens (primary N) is 1. The van der Waals surface area contributed by atoms with Crippen LogP contribution in [0.2, 0.25) is 0 Å². The maximum absolute atomic E-state index is 12.1. The van der Waals surface area contributed by atoms with E-state index < -0.39 is 5.97 Å². The highest BCUT2D eigenvalue weighted by atomic mass is 16.4. The number of carboxylic acids is 1. The molecule has 0 aliphatic carbocycles. The second-order valence-corrected chi connectivity index (χ2v) is 5.10. The molecule has 1 fully saturated rings. The summed E-state index contributed by atoms with van der Waals surface area (Å²) >= 11 is 0. The Morgan fingerprint density at radius 2 is 2.00 bits per heavy atom. The predicted octanol–water partition coefficient (Wildman–Crippen LogP) is -0.910. The molecule has 0 aromatic carbocycles. The molecule has 0 radical (unpaired) electrons. The molecule has 2 rings (SSSR count). The fourth-order valence-electron chi connectivity index (χ4n) is 2.38. The summed E-state index contributed by atoms with van der Waals surface area (Å²) in [7, 11) is 0. The molecular formula is C12H17N5O4. The summed E-state index contributed by atoms with van der Waals surface area (Å²) in [5, 5.41) is 15.8.